The van der Waals surface area contributed by atoms with Crippen LogP contribution in [0.15, 0.2) is 23.8 Å². The summed E-state index contributed by atoms with van der Waals surface area (Å²) in [5.74, 6) is 1.30. The summed E-state index contributed by atoms with van der Waals surface area (Å²) in [6.07, 6.45) is 14.7. The molecule has 2 aliphatic carbocycles. The van der Waals surface area contributed by atoms with E-state index in [1.807, 2.05) is 6.92 Å². The summed E-state index contributed by atoms with van der Waals surface area (Å²) in [5, 5.41) is 24.6. The van der Waals surface area contributed by atoms with Crippen molar-refractivity contribution in [1.29, 1.82) is 0 Å². The summed E-state index contributed by atoms with van der Waals surface area (Å²) >= 11 is 0. The van der Waals surface area contributed by atoms with Crippen LogP contribution in [0.5, 0.6) is 0 Å². The molecule has 0 radical (unpaired) electrons. The van der Waals surface area contributed by atoms with Crippen LogP contribution in [-0.4, -0.2) is 60.5 Å². The Morgan fingerprint density at radius 2 is 2.07 bits per heavy atom. The molecule has 0 aromatic heterocycles. The molecule has 4 heteroatoms. The van der Waals surface area contributed by atoms with Crippen molar-refractivity contribution in [3.63, 3.8) is 0 Å². The molecule has 0 bridgehead atoms. The van der Waals surface area contributed by atoms with Crippen molar-refractivity contribution in [3.05, 3.63) is 23.8 Å². The van der Waals surface area contributed by atoms with Gasteiger partial charge in [-0.25, -0.2) is 0 Å². The maximum atomic E-state index is 10.5. The Labute approximate surface area is 173 Å². The van der Waals surface area contributed by atoms with Crippen molar-refractivity contribution in [3.8, 4) is 0 Å². The molecule has 0 saturated heterocycles. The van der Waals surface area contributed by atoms with E-state index in [0.717, 1.165) is 51.7 Å². The van der Waals surface area contributed by atoms with Gasteiger partial charge in [0.15, 0.2) is 0 Å². The first kappa shape index (κ1) is 23.6. The van der Waals surface area contributed by atoms with Gasteiger partial charge in [-0.3, -0.25) is 0 Å². The zero-order valence-electron chi connectivity index (χ0n) is 18.7. The fourth-order valence-corrected chi connectivity index (χ4v) is 4.80. The summed E-state index contributed by atoms with van der Waals surface area (Å²) in [6, 6.07) is 0. The van der Waals surface area contributed by atoms with E-state index in [2.05, 4.69) is 49.5 Å². The Morgan fingerprint density at radius 1 is 1.29 bits per heavy atom. The van der Waals surface area contributed by atoms with Crippen LogP contribution in [0.25, 0.3) is 0 Å². The van der Waals surface area contributed by atoms with Crippen LogP contribution < -0.4 is 5.32 Å². The first-order valence-corrected chi connectivity index (χ1v) is 11.4. The standard InChI is InChI=1S/C24H44N2O2/c1-5-6-11-24(2,28)12-9-10-21-22-16-19(15-20(22)17-23(21)27)18-25-13-7-8-14-26(3)4/h9-10,15,20-23,25,27-28H,5-8,11-14,16-18H2,1-4H3/t20-,21+,22-,23+,24-/m0/s1. The molecule has 2 rings (SSSR count). The summed E-state index contributed by atoms with van der Waals surface area (Å²) in [6.45, 7) is 7.32. The van der Waals surface area contributed by atoms with Gasteiger partial charge in [-0.15, -0.1) is 0 Å². The number of aliphatic hydroxyl groups is 2. The molecule has 5 atom stereocenters. The summed E-state index contributed by atoms with van der Waals surface area (Å²) < 4.78 is 0. The fraction of sp³-hybridized carbons (Fsp3) is 0.833. The van der Waals surface area contributed by atoms with E-state index in [9.17, 15) is 10.2 Å². The van der Waals surface area contributed by atoms with Crippen LogP contribution in [0.3, 0.4) is 0 Å². The molecule has 0 unspecified atom stereocenters. The molecule has 1 saturated carbocycles. The predicted octanol–water partition coefficient (Wildman–Crippen LogP) is 3.75. The average molecular weight is 393 g/mol. The number of unbranched alkanes of at least 4 members (excludes halogenated alkanes) is 2. The van der Waals surface area contributed by atoms with Crippen molar-refractivity contribution in [2.45, 2.75) is 76.9 Å². The monoisotopic (exact) mass is 392 g/mol. The number of nitrogens with one attached hydrogen (secondary N) is 1. The van der Waals surface area contributed by atoms with Crippen LogP contribution >= 0.6 is 0 Å². The molecule has 3 N–H and O–H groups in total. The van der Waals surface area contributed by atoms with Gasteiger partial charge in [0.05, 0.1) is 11.7 Å². The van der Waals surface area contributed by atoms with Crippen LogP contribution in [0.4, 0.5) is 0 Å². The zero-order chi connectivity index (χ0) is 20.6. The zero-order valence-corrected chi connectivity index (χ0v) is 18.7. The number of aliphatic hydroxyl groups excluding tert-OH is 1. The highest BCUT2D eigenvalue weighted by molar-refractivity contribution is 5.21. The number of hydrogen-bond acceptors (Lipinski definition) is 4. The minimum Gasteiger partial charge on any atom is -0.392 e. The Morgan fingerprint density at radius 3 is 2.79 bits per heavy atom. The van der Waals surface area contributed by atoms with E-state index in [1.165, 1.54) is 18.4 Å². The number of fused-ring (bicyclic) bond motifs is 1. The lowest BCUT2D eigenvalue weighted by atomic mass is 9.88. The molecule has 0 aromatic carbocycles. The molecule has 0 aliphatic heterocycles. The topological polar surface area (TPSA) is 55.7 Å². The van der Waals surface area contributed by atoms with Crippen LogP contribution in [0, 0.1) is 17.8 Å². The highest BCUT2D eigenvalue weighted by atomic mass is 16.3. The number of hydrogen-bond donors (Lipinski definition) is 3. The molecule has 2 aliphatic rings. The highest BCUT2D eigenvalue weighted by Crippen LogP contribution is 2.47. The Balaban J connectivity index is 1.73. The van der Waals surface area contributed by atoms with Crippen LogP contribution in [0.1, 0.15) is 65.2 Å². The van der Waals surface area contributed by atoms with Gasteiger partial charge in [-0.1, -0.05) is 43.6 Å². The fourth-order valence-electron chi connectivity index (χ4n) is 4.80. The molecule has 0 amide bonds. The van der Waals surface area contributed by atoms with E-state index in [-0.39, 0.29) is 12.0 Å². The Bertz CT molecular complexity index is 513. The quantitative estimate of drug-likeness (QED) is 0.330. The highest BCUT2D eigenvalue weighted by Gasteiger charge is 2.43. The third-order valence-electron chi connectivity index (χ3n) is 6.50. The van der Waals surface area contributed by atoms with E-state index >= 15 is 0 Å². The summed E-state index contributed by atoms with van der Waals surface area (Å²) in [7, 11) is 4.25. The van der Waals surface area contributed by atoms with E-state index in [0.29, 0.717) is 18.3 Å². The number of nitrogens with zero attached hydrogens (tertiary/aromatic N) is 1. The lowest BCUT2D eigenvalue weighted by Gasteiger charge is -2.22. The van der Waals surface area contributed by atoms with E-state index < -0.39 is 5.60 Å². The van der Waals surface area contributed by atoms with Gasteiger partial charge in [0, 0.05) is 12.5 Å². The predicted molar refractivity (Wildman–Crippen MR) is 118 cm³/mol. The van der Waals surface area contributed by atoms with Crippen molar-refractivity contribution in [1.82, 2.24) is 10.2 Å². The molecule has 0 aromatic rings. The van der Waals surface area contributed by atoms with Gasteiger partial charge >= 0.3 is 0 Å². The SMILES string of the molecule is CCCC[C@](C)(O)CC=C[C@@H]1[C@H]2CC(CNCCCCN(C)C)=C[C@H]2C[C@H]1O. The molecule has 1 fully saturated rings. The maximum Gasteiger partial charge on any atom is 0.0654 e. The lowest BCUT2D eigenvalue weighted by Crippen LogP contribution is -2.23. The lowest BCUT2D eigenvalue weighted by molar-refractivity contribution is 0.0513. The van der Waals surface area contributed by atoms with Gasteiger partial charge in [-0.2, -0.15) is 0 Å². The summed E-state index contributed by atoms with van der Waals surface area (Å²) in [5.41, 5.74) is 0.897. The largest absolute Gasteiger partial charge is 0.392 e. The second-order valence-corrected chi connectivity index (χ2v) is 9.66. The van der Waals surface area contributed by atoms with Gasteiger partial charge < -0.3 is 20.4 Å². The maximum absolute atomic E-state index is 10.5. The van der Waals surface area contributed by atoms with Crippen molar-refractivity contribution in [2.75, 3.05) is 33.7 Å². The molecular weight excluding hydrogens is 348 g/mol. The van der Waals surface area contributed by atoms with Gasteiger partial charge in [-0.05, 0) is 84.5 Å². The first-order valence-electron chi connectivity index (χ1n) is 11.4. The second kappa shape index (κ2) is 11.5. The van der Waals surface area contributed by atoms with Gasteiger partial charge in [0.2, 0.25) is 0 Å². The Kier molecular flexibility index (Phi) is 9.68. The van der Waals surface area contributed by atoms with E-state index in [1.54, 1.807) is 0 Å². The third kappa shape index (κ3) is 7.62. The number of rotatable bonds is 13. The van der Waals surface area contributed by atoms with Gasteiger partial charge in [0.25, 0.3) is 0 Å². The minimum absolute atomic E-state index is 0.233. The first-order chi connectivity index (χ1) is 13.3. The average Bonchev–Trinajstić information content (AvgIpc) is 3.13. The summed E-state index contributed by atoms with van der Waals surface area (Å²) in [4.78, 5) is 2.24. The second-order valence-electron chi connectivity index (χ2n) is 9.66. The molecule has 28 heavy (non-hydrogen) atoms. The molecule has 0 heterocycles. The van der Waals surface area contributed by atoms with Crippen LogP contribution in [0.2, 0.25) is 0 Å². The normalized spacial score (nSPS) is 29.5. The minimum atomic E-state index is -0.620. The van der Waals surface area contributed by atoms with Crippen molar-refractivity contribution >= 4 is 0 Å². The third-order valence-corrected chi connectivity index (χ3v) is 6.50. The van der Waals surface area contributed by atoms with Crippen molar-refractivity contribution < 1.29 is 10.2 Å². The molecule has 4 nitrogen and oxygen atoms in total. The Hall–Kier alpha value is -0.680. The molecular formula is C24H44N2O2. The number of allylic oxidation sites excluding steroid dienone is 1. The smallest absolute Gasteiger partial charge is 0.0654 e. The molecule has 162 valence electrons. The van der Waals surface area contributed by atoms with Crippen molar-refractivity contribution in [2.24, 2.45) is 17.8 Å². The van der Waals surface area contributed by atoms with Crippen LogP contribution in [-0.2, 0) is 0 Å². The van der Waals surface area contributed by atoms with E-state index in [4.69, 9.17) is 0 Å². The van der Waals surface area contributed by atoms with Gasteiger partial charge in [0.1, 0.15) is 0 Å². The molecule has 0 spiro atoms.